The van der Waals surface area contributed by atoms with Crippen LogP contribution in [-0.2, 0) is 9.84 Å². The number of benzene rings is 1. The van der Waals surface area contributed by atoms with Crippen molar-refractivity contribution in [1.29, 1.82) is 0 Å². The highest BCUT2D eigenvalue weighted by atomic mass is 32.2. The van der Waals surface area contributed by atoms with E-state index in [1.54, 1.807) is 0 Å². The van der Waals surface area contributed by atoms with Crippen molar-refractivity contribution in [2.45, 2.75) is 6.92 Å². The number of sulfone groups is 1. The summed E-state index contributed by atoms with van der Waals surface area (Å²) < 4.78 is 27.6. The highest BCUT2D eigenvalue weighted by Crippen LogP contribution is 2.30. The van der Waals surface area contributed by atoms with Crippen LogP contribution in [0.3, 0.4) is 0 Å². The predicted molar refractivity (Wildman–Crippen MR) is 69.9 cm³/mol. The summed E-state index contributed by atoms with van der Waals surface area (Å²) in [6, 6.07) is 3.46. The molecule has 0 aliphatic carbocycles. The van der Waals surface area contributed by atoms with Gasteiger partial charge in [-0.05, 0) is 6.07 Å². The minimum absolute atomic E-state index is 0.0843. The van der Waals surface area contributed by atoms with Crippen LogP contribution in [0.4, 0.5) is 5.69 Å². The summed E-state index contributed by atoms with van der Waals surface area (Å²) in [6.07, 6.45) is 0. The number of carboxylic acids is 1. The fraction of sp³-hybridized carbons (Fsp3) is 0.364. The molecule has 1 N–H and O–H groups in total. The topological polar surface area (TPSA) is 124 Å². The van der Waals surface area contributed by atoms with E-state index in [0.29, 0.717) is 0 Å². The van der Waals surface area contributed by atoms with Crippen LogP contribution in [-0.4, -0.2) is 42.5 Å². The zero-order valence-electron chi connectivity index (χ0n) is 10.6. The molecule has 0 bridgehead atoms. The van der Waals surface area contributed by atoms with Gasteiger partial charge in [0.2, 0.25) is 5.75 Å². The van der Waals surface area contributed by atoms with Crippen molar-refractivity contribution >= 4 is 21.5 Å². The second-order valence-electron chi connectivity index (χ2n) is 3.80. The Bertz CT molecular complexity index is 591. The third kappa shape index (κ3) is 3.92. The van der Waals surface area contributed by atoms with E-state index < -0.39 is 32.2 Å². The van der Waals surface area contributed by atoms with Crippen LogP contribution >= 0.6 is 0 Å². The minimum Gasteiger partial charge on any atom is -0.485 e. The number of nitro groups is 1. The molecule has 0 aromatic heterocycles. The lowest BCUT2D eigenvalue weighted by atomic mass is 10.2. The van der Waals surface area contributed by atoms with Crippen LogP contribution in [0.25, 0.3) is 0 Å². The monoisotopic (exact) mass is 303 g/mol. The number of rotatable bonds is 7. The van der Waals surface area contributed by atoms with Crippen LogP contribution in [0.2, 0.25) is 0 Å². The normalized spacial score (nSPS) is 11.1. The fourth-order valence-electron chi connectivity index (χ4n) is 1.40. The van der Waals surface area contributed by atoms with Gasteiger partial charge >= 0.3 is 11.7 Å². The molecule has 1 aromatic rings. The molecule has 0 atom stereocenters. The molecule has 20 heavy (non-hydrogen) atoms. The zero-order valence-corrected chi connectivity index (χ0v) is 11.4. The fourth-order valence-corrected chi connectivity index (χ4v) is 2.03. The van der Waals surface area contributed by atoms with Crippen LogP contribution in [0.5, 0.6) is 5.75 Å². The Morgan fingerprint density at radius 2 is 2.10 bits per heavy atom. The number of nitro benzene ring substituents is 1. The van der Waals surface area contributed by atoms with E-state index in [-0.39, 0.29) is 23.7 Å². The Morgan fingerprint density at radius 3 is 2.60 bits per heavy atom. The van der Waals surface area contributed by atoms with Crippen molar-refractivity contribution in [2.75, 3.05) is 18.1 Å². The molecule has 9 heteroatoms. The summed E-state index contributed by atoms with van der Waals surface area (Å²) in [7, 11) is -3.30. The lowest BCUT2D eigenvalue weighted by Crippen LogP contribution is -2.17. The van der Waals surface area contributed by atoms with Gasteiger partial charge in [-0.15, -0.1) is 0 Å². The van der Waals surface area contributed by atoms with Gasteiger partial charge in [-0.2, -0.15) is 0 Å². The van der Waals surface area contributed by atoms with Crippen molar-refractivity contribution in [1.82, 2.24) is 0 Å². The van der Waals surface area contributed by atoms with Crippen molar-refractivity contribution < 1.29 is 28.0 Å². The smallest absolute Gasteiger partial charge is 0.339 e. The molecule has 0 aliphatic rings. The number of hydrogen-bond donors (Lipinski definition) is 1. The summed E-state index contributed by atoms with van der Waals surface area (Å²) in [5, 5.41) is 19.8. The first-order valence-corrected chi connectivity index (χ1v) is 7.44. The molecule has 0 saturated carbocycles. The molecule has 0 spiro atoms. The van der Waals surface area contributed by atoms with E-state index in [4.69, 9.17) is 9.84 Å². The van der Waals surface area contributed by atoms with Crippen molar-refractivity contribution in [2.24, 2.45) is 0 Å². The first-order chi connectivity index (χ1) is 9.28. The van der Waals surface area contributed by atoms with Gasteiger partial charge in [0, 0.05) is 11.8 Å². The summed E-state index contributed by atoms with van der Waals surface area (Å²) in [6.45, 7) is 1.12. The van der Waals surface area contributed by atoms with Gasteiger partial charge in [-0.25, -0.2) is 13.2 Å². The molecule has 8 nitrogen and oxygen atoms in total. The molecule has 0 fully saturated rings. The summed E-state index contributed by atoms with van der Waals surface area (Å²) in [4.78, 5) is 21.0. The molecular formula is C11H13NO7S. The highest BCUT2D eigenvalue weighted by molar-refractivity contribution is 7.91. The first kappa shape index (κ1) is 15.9. The number of hydrogen-bond acceptors (Lipinski definition) is 6. The molecule has 110 valence electrons. The SMILES string of the molecule is CCS(=O)(=O)CCOc1c(C(=O)O)cccc1[N+](=O)[O-]. The molecule has 1 aromatic carbocycles. The van der Waals surface area contributed by atoms with Gasteiger partial charge in [0.25, 0.3) is 0 Å². The standard InChI is InChI=1S/C11H13NO7S/c1-2-20(17,18)7-6-19-10-8(11(13)14)4-3-5-9(10)12(15)16/h3-5H,2,6-7H2,1H3,(H,13,14). The zero-order chi connectivity index (χ0) is 15.3. The van der Waals surface area contributed by atoms with E-state index in [1.807, 2.05) is 0 Å². The number of ether oxygens (including phenoxy) is 1. The van der Waals surface area contributed by atoms with Crippen LogP contribution in [0.1, 0.15) is 17.3 Å². The maximum Gasteiger partial charge on any atom is 0.339 e. The van der Waals surface area contributed by atoms with E-state index >= 15 is 0 Å². The third-order valence-electron chi connectivity index (χ3n) is 2.50. The molecule has 0 heterocycles. The summed E-state index contributed by atoms with van der Waals surface area (Å²) >= 11 is 0. The lowest BCUT2D eigenvalue weighted by molar-refractivity contribution is -0.385. The number of aromatic carboxylic acids is 1. The third-order valence-corrected chi connectivity index (χ3v) is 4.17. The maximum absolute atomic E-state index is 11.3. The van der Waals surface area contributed by atoms with Crippen LogP contribution in [0.15, 0.2) is 18.2 Å². The minimum atomic E-state index is -3.30. The maximum atomic E-state index is 11.3. The van der Waals surface area contributed by atoms with Crippen LogP contribution < -0.4 is 4.74 Å². The summed E-state index contributed by atoms with van der Waals surface area (Å²) in [5.74, 6) is -2.24. The Kier molecular flexibility index (Phi) is 5.03. The van der Waals surface area contributed by atoms with Gasteiger partial charge in [-0.1, -0.05) is 13.0 Å². The molecule has 0 aliphatic heterocycles. The van der Waals surface area contributed by atoms with E-state index in [9.17, 15) is 23.3 Å². The van der Waals surface area contributed by atoms with Crippen LogP contribution in [0, 0.1) is 10.1 Å². The molecular weight excluding hydrogens is 290 g/mol. The molecule has 0 saturated heterocycles. The Hall–Kier alpha value is -2.16. The second-order valence-corrected chi connectivity index (χ2v) is 6.27. The largest absolute Gasteiger partial charge is 0.485 e. The number of carbonyl (C=O) groups is 1. The second kappa shape index (κ2) is 6.33. The van der Waals surface area contributed by atoms with Crippen molar-refractivity contribution in [3.05, 3.63) is 33.9 Å². The van der Waals surface area contributed by atoms with E-state index in [1.165, 1.54) is 13.0 Å². The lowest BCUT2D eigenvalue weighted by Gasteiger charge is -2.09. The highest BCUT2D eigenvalue weighted by Gasteiger charge is 2.23. The van der Waals surface area contributed by atoms with Gasteiger partial charge in [0.1, 0.15) is 12.2 Å². The molecule has 0 unspecified atom stereocenters. The number of nitrogens with zero attached hydrogens (tertiary/aromatic N) is 1. The van der Waals surface area contributed by atoms with E-state index in [0.717, 1.165) is 12.1 Å². The Balaban J connectivity index is 3.03. The van der Waals surface area contributed by atoms with E-state index in [2.05, 4.69) is 0 Å². The Labute approximate surface area is 115 Å². The van der Waals surface area contributed by atoms with Gasteiger partial charge in [0.15, 0.2) is 9.84 Å². The molecule has 0 amide bonds. The van der Waals surface area contributed by atoms with Crippen molar-refractivity contribution in [3.63, 3.8) is 0 Å². The molecule has 0 radical (unpaired) electrons. The first-order valence-electron chi connectivity index (χ1n) is 5.62. The van der Waals surface area contributed by atoms with Crippen molar-refractivity contribution in [3.8, 4) is 5.75 Å². The number of para-hydroxylation sites is 1. The Morgan fingerprint density at radius 1 is 1.45 bits per heavy atom. The quantitative estimate of drug-likeness (QED) is 0.590. The average Bonchev–Trinajstić information content (AvgIpc) is 2.38. The summed E-state index contributed by atoms with van der Waals surface area (Å²) in [5.41, 5.74) is -0.896. The van der Waals surface area contributed by atoms with Gasteiger partial charge in [0.05, 0.1) is 10.7 Å². The van der Waals surface area contributed by atoms with Gasteiger partial charge < -0.3 is 9.84 Å². The average molecular weight is 303 g/mol. The predicted octanol–water partition coefficient (Wildman–Crippen LogP) is 1.11. The van der Waals surface area contributed by atoms with Gasteiger partial charge in [-0.3, -0.25) is 10.1 Å². The molecule has 1 rings (SSSR count). The number of carboxylic acid groups (broad SMARTS) is 1.